The van der Waals surface area contributed by atoms with E-state index in [2.05, 4.69) is 4.98 Å². The first-order valence-corrected chi connectivity index (χ1v) is 7.88. The number of rotatable bonds is 5. The van der Waals surface area contributed by atoms with Crippen molar-refractivity contribution in [1.82, 2.24) is 9.88 Å². The summed E-state index contributed by atoms with van der Waals surface area (Å²) in [6, 6.07) is 3.87. The molecule has 6 heteroatoms. The number of carbonyl (C=O) groups is 1. The molecule has 0 atom stereocenters. The maximum Gasteiger partial charge on any atom is 0.238 e. The van der Waals surface area contributed by atoms with Crippen molar-refractivity contribution in [1.29, 1.82) is 0 Å². The van der Waals surface area contributed by atoms with Crippen LogP contribution in [0, 0.1) is 0 Å². The summed E-state index contributed by atoms with van der Waals surface area (Å²) in [5, 5.41) is 0. The van der Waals surface area contributed by atoms with Crippen molar-refractivity contribution in [2.45, 2.75) is 25.4 Å². The predicted molar refractivity (Wildman–Crippen MR) is 67.5 cm³/mol. The topological polar surface area (TPSA) is 67.3 Å². The summed E-state index contributed by atoms with van der Waals surface area (Å²) in [6.07, 6.45) is 6.34. The monoisotopic (exact) mass is 268 g/mol. The van der Waals surface area contributed by atoms with E-state index in [-0.39, 0.29) is 11.9 Å². The van der Waals surface area contributed by atoms with Gasteiger partial charge in [0.05, 0.1) is 0 Å². The van der Waals surface area contributed by atoms with Crippen LogP contribution in [0.4, 0.5) is 0 Å². The number of aromatic nitrogens is 1. The highest BCUT2D eigenvalue weighted by molar-refractivity contribution is 7.91. The average molecular weight is 268 g/mol. The van der Waals surface area contributed by atoms with Gasteiger partial charge in [0.2, 0.25) is 5.91 Å². The molecule has 1 fully saturated rings. The molecule has 1 amide bonds. The van der Waals surface area contributed by atoms with Crippen molar-refractivity contribution in [2.75, 3.05) is 12.0 Å². The Hall–Kier alpha value is -1.43. The third kappa shape index (κ3) is 3.80. The van der Waals surface area contributed by atoms with Gasteiger partial charge < -0.3 is 4.90 Å². The molecule has 2 rings (SSSR count). The van der Waals surface area contributed by atoms with Crippen molar-refractivity contribution >= 4 is 15.7 Å². The zero-order valence-electron chi connectivity index (χ0n) is 10.2. The molecule has 0 spiro atoms. The highest BCUT2D eigenvalue weighted by atomic mass is 32.2. The molecule has 0 unspecified atom stereocenters. The lowest BCUT2D eigenvalue weighted by molar-refractivity contribution is -0.129. The van der Waals surface area contributed by atoms with Crippen molar-refractivity contribution in [2.24, 2.45) is 0 Å². The van der Waals surface area contributed by atoms with Gasteiger partial charge in [0.15, 0.2) is 9.84 Å². The van der Waals surface area contributed by atoms with Crippen molar-refractivity contribution < 1.29 is 13.2 Å². The Morgan fingerprint density at radius 2 is 2.00 bits per heavy atom. The maximum absolute atomic E-state index is 12.0. The number of amides is 1. The second-order valence-electron chi connectivity index (χ2n) is 4.68. The molecule has 0 N–H and O–H groups in total. The van der Waals surface area contributed by atoms with E-state index in [4.69, 9.17) is 0 Å². The molecule has 1 aliphatic rings. The van der Waals surface area contributed by atoms with Crippen LogP contribution < -0.4 is 0 Å². The van der Waals surface area contributed by atoms with E-state index in [0.29, 0.717) is 6.54 Å². The summed E-state index contributed by atoms with van der Waals surface area (Å²) in [4.78, 5) is 17.6. The standard InChI is InChI=1S/C12H16N2O3S/c1-18(16,17)9-12(15)14(11-2-3-11)8-10-4-6-13-7-5-10/h4-7,11H,2-3,8-9H2,1H3. The Morgan fingerprint density at radius 3 is 2.50 bits per heavy atom. The van der Waals surface area contributed by atoms with Gasteiger partial charge in [0.25, 0.3) is 0 Å². The minimum absolute atomic E-state index is 0.201. The molecule has 1 heterocycles. The van der Waals surface area contributed by atoms with E-state index in [9.17, 15) is 13.2 Å². The molecule has 0 radical (unpaired) electrons. The van der Waals surface area contributed by atoms with Gasteiger partial charge >= 0.3 is 0 Å². The van der Waals surface area contributed by atoms with E-state index < -0.39 is 15.6 Å². The van der Waals surface area contributed by atoms with Gasteiger partial charge in [0, 0.05) is 31.2 Å². The SMILES string of the molecule is CS(=O)(=O)CC(=O)N(Cc1ccncc1)C1CC1. The molecular weight excluding hydrogens is 252 g/mol. The van der Waals surface area contributed by atoms with Crippen LogP contribution in [0.5, 0.6) is 0 Å². The number of pyridine rings is 1. The second kappa shape index (κ2) is 5.06. The van der Waals surface area contributed by atoms with Gasteiger partial charge in [-0.2, -0.15) is 0 Å². The third-order valence-corrected chi connectivity index (χ3v) is 3.57. The maximum atomic E-state index is 12.0. The molecule has 18 heavy (non-hydrogen) atoms. The molecule has 1 saturated carbocycles. The summed E-state index contributed by atoms with van der Waals surface area (Å²) in [5.74, 6) is -0.717. The summed E-state index contributed by atoms with van der Waals surface area (Å²) in [6.45, 7) is 0.460. The molecule has 5 nitrogen and oxygen atoms in total. The Labute approximate surface area is 107 Å². The van der Waals surface area contributed by atoms with Gasteiger partial charge in [-0.15, -0.1) is 0 Å². The fraction of sp³-hybridized carbons (Fsp3) is 0.500. The van der Waals surface area contributed by atoms with E-state index >= 15 is 0 Å². The summed E-state index contributed by atoms with van der Waals surface area (Å²) >= 11 is 0. The average Bonchev–Trinajstić information content (AvgIpc) is 3.08. The molecular formula is C12H16N2O3S. The zero-order valence-corrected chi connectivity index (χ0v) is 11.1. The Balaban J connectivity index is 2.07. The van der Waals surface area contributed by atoms with E-state index in [0.717, 1.165) is 24.7 Å². The van der Waals surface area contributed by atoms with Crippen molar-refractivity contribution in [3.05, 3.63) is 30.1 Å². The lowest BCUT2D eigenvalue weighted by Gasteiger charge is -2.22. The minimum atomic E-state index is -3.27. The van der Waals surface area contributed by atoms with Crippen LogP contribution in [0.1, 0.15) is 18.4 Å². The lowest BCUT2D eigenvalue weighted by Crippen LogP contribution is -2.36. The van der Waals surface area contributed by atoms with E-state index in [1.807, 2.05) is 12.1 Å². The molecule has 1 aliphatic carbocycles. The molecule has 0 aliphatic heterocycles. The van der Waals surface area contributed by atoms with Gasteiger partial charge in [-0.3, -0.25) is 9.78 Å². The van der Waals surface area contributed by atoms with Crippen molar-refractivity contribution in [3.63, 3.8) is 0 Å². The van der Waals surface area contributed by atoms with E-state index in [1.165, 1.54) is 0 Å². The van der Waals surface area contributed by atoms with Gasteiger partial charge in [-0.25, -0.2) is 8.42 Å². The van der Waals surface area contributed by atoms with Crippen LogP contribution in [-0.4, -0.2) is 42.3 Å². The van der Waals surface area contributed by atoms with E-state index in [1.54, 1.807) is 17.3 Å². The smallest absolute Gasteiger partial charge is 0.238 e. The largest absolute Gasteiger partial charge is 0.335 e. The number of sulfone groups is 1. The fourth-order valence-electron chi connectivity index (χ4n) is 1.80. The van der Waals surface area contributed by atoms with Crippen molar-refractivity contribution in [3.8, 4) is 0 Å². The quantitative estimate of drug-likeness (QED) is 0.785. The predicted octanol–water partition coefficient (Wildman–Crippen LogP) is 0.617. The van der Waals surface area contributed by atoms with Crippen LogP contribution in [0.15, 0.2) is 24.5 Å². The Morgan fingerprint density at radius 1 is 1.39 bits per heavy atom. The first-order chi connectivity index (χ1) is 8.46. The summed E-state index contributed by atoms with van der Waals surface area (Å²) in [7, 11) is -3.27. The Kier molecular flexibility index (Phi) is 3.65. The molecule has 1 aromatic heterocycles. The van der Waals surface area contributed by atoms with Crippen LogP contribution in [0.3, 0.4) is 0 Å². The molecule has 98 valence electrons. The number of nitrogens with zero attached hydrogens (tertiary/aromatic N) is 2. The van der Waals surface area contributed by atoms with Gasteiger partial charge in [0.1, 0.15) is 5.75 Å². The highest BCUT2D eigenvalue weighted by Crippen LogP contribution is 2.28. The lowest BCUT2D eigenvalue weighted by atomic mass is 10.2. The van der Waals surface area contributed by atoms with Gasteiger partial charge in [-0.1, -0.05) is 0 Å². The highest BCUT2D eigenvalue weighted by Gasteiger charge is 2.33. The first kappa shape index (κ1) is 13.0. The summed E-state index contributed by atoms with van der Waals surface area (Å²) in [5.41, 5.74) is 0.971. The first-order valence-electron chi connectivity index (χ1n) is 5.82. The molecule has 1 aromatic rings. The molecule has 0 aromatic carbocycles. The fourth-order valence-corrected chi connectivity index (χ4v) is 2.41. The number of hydrogen-bond acceptors (Lipinski definition) is 4. The number of carbonyl (C=O) groups excluding carboxylic acids is 1. The molecule has 0 saturated heterocycles. The Bertz CT molecular complexity index is 524. The van der Waals surface area contributed by atoms with Gasteiger partial charge in [-0.05, 0) is 30.5 Å². The van der Waals surface area contributed by atoms with Crippen LogP contribution >= 0.6 is 0 Å². The molecule has 0 bridgehead atoms. The third-order valence-electron chi connectivity index (χ3n) is 2.80. The van der Waals surface area contributed by atoms with Crippen LogP contribution in [0.25, 0.3) is 0 Å². The van der Waals surface area contributed by atoms with Crippen LogP contribution in [0.2, 0.25) is 0 Å². The zero-order chi connectivity index (χ0) is 13.2. The minimum Gasteiger partial charge on any atom is -0.335 e. The number of hydrogen-bond donors (Lipinski definition) is 0. The normalized spacial score (nSPS) is 15.4. The second-order valence-corrected chi connectivity index (χ2v) is 6.82. The summed E-state index contributed by atoms with van der Waals surface area (Å²) < 4.78 is 22.4. The van der Waals surface area contributed by atoms with Crippen LogP contribution in [-0.2, 0) is 21.2 Å².